The van der Waals surface area contributed by atoms with Gasteiger partial charge in [-0.1, -0.05) is 0 Å². The summed E-state index contributed by atoms with van der Waals surface area (Å²) in [6.45, 7) is 1.30. The number of hydrogen-bond donors (Lipinski definition) is 1. The van der Waals surface area contributed by atoms with E-state index in [4.69, 9.17) is 5.11 Å². The minimum Gasteiger partial charge on any atom is -0.480 e. The number of carboxylic acids is 1. The predicted molar refractivity (Wildman–Crippen MR) is 25.2 cm³/mol. The molecule has 1 N–H and O–H groups in total. The molecule has 44 valence electrons. The Kier molecular flexibility index (Phi) is 2.51. The van der Waals surface area contributed by atoms with Crippen LogP contribution in [-0.2, 0) is 9.59 Å². The van der Waals surface area contributed by atoms with Crippen molar-refractivity contribution in [3.8, 4) is 0 Å². The third-order valence-corrected chi connectivity index (χ3v) is 0.604. The fourth-order valence-electron chi connectivity index (χ4n) is 0.134. The Bertz CT molecular complexity index is 134. The molecule has 0 fully saturated rings. The van der Waals surface area contributed by atoms with Gasteiger partial charge in [-0.2, -0.15) is 4.99 Å². The standard InChI is InChI=1S/C4H5NO3/c1-3(4(7)8)5-2-6/h3H,1H3,(H,7,8). The quantitative estimate of drug-likeness (QED) is 0.400. The summed E-state index contributed by atoms with van der Waals surface area (Å²) in [5, 5.41) is 8.04. The van der Waals surface area contributed by atoms with Gasteiger partial charge in [-0.25, -0.2) is 9.59 Å². The lowest BCUT2D eigenvalue weighted by Gasteiger charge is -1.90. The lowest BCUT2D eigenvalue weighted by atomic mass is 10.4. The van der Waals surface area contributed by atoms with E-state index >= 15 is 0 Å². The molecule has 0 aliphatic carbocycles. The van der Waals surface area contributed by atoms with Crippen LogP contribution >= 0.6 is 0 Å². The second-order valence-electron chi connectivity index (χ2n) is 1.23. The molecule has 0 amide bonds. The number of aliphatic carboxylic acids is 1. The molecule has 4 nitrogen and oxygen atoms in total. The van der Waals surface area contributed by atoms with E-state index in [1.54, 1.807) is 0 Å². The third kappa shape index (κ3) is 2.10. The van der Waals surface area contributed by atoms with Crippen molar-refractivity contribution in [2.24, 2.45) is 4.99 Å². The summed E-state index contributed by atoms with van der Waals surface area (Å²) in [6, 6.07) is -0.965. The highest BCUT2D eigenvalue weighted by Gasteiger charge is 2.06. The molecule has 1 unspecified atom stereocenters. The van der Waals surface area contributed by atoms with Gasteiger partial charge in [-0.15, -0.1) is 0 Å². The van der Waals surface area contributed by atoms with Gasteiger partial charge in [0.05, 0.1) is 0 Å². The Morgan fingerprint density at radius 1 is 1.88 bits per heavy atom. The molecule has 0 aromatic heterocycles. The average molecular weight is 115 g/mol. The first-order valence-corrected chi connectivity index (χ1v) is 1.98. The van der Waals surface area contributed by atoms with Gasteiger partial charge in [0.15, 0.2) is 6.04 Å². The van der Waals surface area contributed by atoms with E-state index in [-0.39, 0.29) is 0 Å². The molecule has 0 aromatic rings. The molecule has 0 radical (unpaired) electrons. The molecule has 8 heavy (non-hydrogen) atoms. The lowest BCUT2D eigenvalue weighted by Crippen LogP contribution is -2.12. The summed E-state index contributed by atoms with van der Waals surface area (Å²) in [5.41, 5.74) is 0. The molecule has 1 atom stereocenters. The van der Waals surface area contributed by atoms with Gasteiger partial charge in [0.1, 0.15) is 0 Å². The summed E-state index contributed by atoms with van der Waals surface area (Å²) in [4.78, 5) is 22.1. The van der Waals surface area contributed by atoms with Gasteiger partial charge in [0, 0.05) is 0 Å². The zero-order valence-corrected chi connectivity index (χ0v) is 4.29. The number of hydrogen-bond acceptors (Lipinski definition) is 3. The van der Waals surface area contributed by atoms with E-state index < -0.39 is 12.0 Å². The normalized spacial score (nSPS) is 11.6. The van der Waals surface area contributed by atoms with Crippen LogP contribution in [0, 0.1) is 0 Å². The third-order valence-electron chi connectivity index (χ3n) is 0.604. The van der Waals surface area contributed by atoms with Crippen molar-refractivity contribution in [2.75, 3.05) is 0 Å². The van der Waals surface area contributed by atoms with Crippen molar-refractivity contribution < 1.29 is 14.7 Å². The Morgan fingerprint density at radius 2 is 2.38 bits per heavy atom. The fraction of sp³-hybridized carbons (Fsp3) is 0.500. The molecule has 0 rings (SSSR count). The van der Waals surface area contributed by atoms with E-state index in [1.807, 2.05) is 0 Å². The average Bonchev–Trinajstić information content (AvgIpc) is 1.67. The number of nitrogens with zero attached hydrogens (tertiary/aromatic N) is 1. The van der Waals surface area contributed by atoms with Crippen LogP contribution in [0.1, 0.15) is 6.92 Å². The number of aliphatic imine (C=N–C) groups is 1. The number of rotatable bonds is 2. The Balaban J connectivity index is 3.82. The maximum Gasteiger partial charge on any atom is 0.329 e. The van der Waals surface area contributed by atoms with Gasteiger partial charge in [-0.3, -0.25) is 0 Å². The maximum absolute atomic E-state index is 9.82. The highest BCUT2D eigenvalue weighted by atomic mass is 16.4. The second kappa shape index (κ2) is 2.93. The predicted octanol–water partition coefficient (Wildman–Crippen LogP) is -0.205. The van der Waals surface area contributed by atoms with Crippen LogP contribution in [0.15, 0.2) is 4.99 Å². The van der Waals surface area contributed by atoms with E-state index in [9.17, 15) is 9.59 Å². The van der Waals surface area contributed by atoms with E-state index in [0.29, 0.717) is 0 Å². The Morgan fingerprint density at radius 3 is 2.50 bits per heavy atom. The first-order valence-electron chi connectivity index (χ1n) is 1.98. The smallest absolute Gasteiger partial charge is 0.329 e. The number of isocyanates is 1. The van der Waals surface area contributed by atoms with Crippen molar-refractivity contribution in [3.63, 3.8) is 0 Å². The van der Waals surface area contributed by atoms with Crippen LogP contribution in [0.2, 0.25) is 0 Å². The minimum absolute atomic E-state index is 0.965. The van der Waals surface area contributed by atoms with E-state index in [0.717, 1.165) is 6.08 Å². The van der Waals surface area contributed by atoms with Crippen LogP contribution in [-0.4, -0.2) is 23.2 Å². The summed E-state index contributed by atoms with van der Waals surface area (Å²) >= 11 is 0. The SMILES string of the molecule is CC(N=C=O)C(=O)O. The van der Waals surface area contributed by atoms with Crippen LogP contribution in [0.25, 0.3) is 0 Å². The highest BCUT2D eigenvalue weighted by molar-refractivity contribution is 5.74. The Labute approximate surface area is 45.8 Å². The van der Waals surface area contributed by atoms with Gasteiger partial charge in [-0.05, 0) is 6.92 Å². The van der Waals surface area contributed by atoms with Crippen molar-refractivity contribution in [3.05, 3.63) is 0 Å². The molecule has 0 aliphatic heterocycles. The summed E-state index contributed by atoms with van der Waals surface area (Å²) in [7, 11) is 0. The van der Waals surface area contributed by atoms with Crippen LogP contribution in [0.5, 0.6) is 0 Å². The second-order valence-corrected chi connectivity index (χ2v) is 1.23. The fourth-order valence-corrected chi connectivity index (χ4v) is 0.134. The first kappa shape index (κ1) is 6.85. The molecule has 0 bridgehead atoms. The molecule has 0 saturated carbocycles. The molecule has 0 aliphatic rings. The van der Waals surface area contributed by atoms with Gasteiger partial charge < -0.3 is 5.11 Å². The lowest BCUT2D eigenvalue weighted by molar-refractivity contribution is -0.137. The summed E-state index contributed by atoms with van der Waals surface area (Å²) in [5.74, 6) is -1.12. The van der Waals surface area contributed by atoms with Crippen molar-refractivity contribution in [1.29, 1.82) is 0 Å². The zero-order valence-electron chi connectivity index (χ0n) is 4.29. The largest absolute Gasteiger partial charge is 0.480 e. The van der Waals surface area contributed by atoms with Gasteiger partial charge in [0.2, 0.25) is 6.08 Å². The van der Waals surface area contributed by atoms with E-state index in [1.165, 1.54) is 6.92 Å². The molecule has 0 spiro atoms. The molecule has 4 heteroatoms. The molecular formula is C4H5NO3. The molecule has 0 aromatic carbocycles. The van der Waals surface area contributed by atoms with Crippen molar-refractivity contribution in [2.45, 2.75) is 13.0 Å². The minimum atomic E-state index is -1.12. The number of carbonyl (C=O) groups excluding carboxylic acids is 1. The van der Waals surface area contributed by atoms with Gasteiger partial charge >= 0.3 is 5.97 Å². The number of carbonyl (C=O) groups is 1. The van der Waals surface area contributed by atoms with Crippen LogP contribution in [0.4, 0.5) is 0 Å². The highest BCUT2D eigenvalue weighted by Crippen LogP contribution is 1.84. The monoisotopic (exact) mass is 115 g/mol. The number of carboxylic acid groups (broad SMARTS) is 1. The topological polar surface area (TPSA) is 66.7 Å². The maximum atomic E-state index is 9.82. The molecule has 0 saturated heterocycles. The Hall–Kier alpha value is -1.15. The molecular weight excluding hydrogens is 110 g/mol. The van der Waals surface area contributed by atoms with Crippen molar-refractivity contribution in [1.82, 2.24) is 0 Å². The summed E-state index contributed by atoms with van der Waals surface area (Å²) in [6.07, 6.45) is 1.14. The van der Waals surface area contributed by atoms with Crippen LogP contribution in [0.3, 0.4) is 0 Å². The molecule has 0 heterocycles. The summed E-state index contributed by atoms with van der Waals surface area (Å²) < 4.78 is 0. The van der Waals surface area contributed by atoms with Crippen LogP contribution < -0.4 is 0 Å². The zero-order chi connectivity index (χ0) is 6.57. The van der Waals surface area contributed by atoms with Crippen molar-refractivity contribution >= 4 is 12.0 Å². The first-order chi connectivity index (χ1) is 3.68. The van der Waals surface area contributed by atoms with E-state index in [2.05, 4.69) is 4.99 Å². The van der Waals surface area contributed by atoms with Gasteiger partial charge in [0.25, 0.3) is 0 Å².